The van der Waals surface area contributed by atoms with Crippen LogP contribution in [0.1, 0.15) is 123 Å². The normalized spacial score (nSPS) is 25.0. The van der Waals surface area contributed by atoms with Crippen LogP contribution in [-0.2, 0) is 37.0 Å². The average Bonchev–Trinajstić information content (AvgIpc) is 3.01. The van der Waals surface area contributed by atoms with Crippen molar-refractivity contribution in [3.8, 4) is 0 Å². The van der Waals surface area contributed by atoms with Gasteiger partial charge in [0, 0.05) is 18.6 Å². The molecular formula is C30H58O15P2S. The third-order valence-electron chi connectivity index (χ3n) is 7.92. The number of aliphatic hydroxyl groups is 4. The second kappa shape index (κ2) is 24.7. The van der Waals surface area contributed by atoms with Gasteiger partial charge in [0.1, 0.15) is 42.7 Å². The molecule has 0 saturated heterocycles. The van der Waals surface area contributed by atoms with Crippen LogP contribution in [0.15, 0.2) is 0 Å². The van der Waals surface area contributed by atoms with Gasteiger partial charge in [0.15, 0.2) is 5.12 Å². The summed E-state index contributed by atoms with van der Waals surface area (Å²) in [6.07, 6.45) is 1.85. The molecule has 0 spiro atoms. The third kappa shape index (κ3) is 19.8. The highest BCUT2D eigenvalue weighted by atomic mass is 32.2. The fourth-order valence-corrected chi connectivity index (χ4v) is 7.74. The first kappa shape index (κ1) is 45.6. The number of carbonyl (C=O) groups is 2. The largest absolute Gasteiger partial charge is 0.472 e. The van der Waals surface area contributed by atoms with E-state index in [1.54, 1.807) is 0 Å². The standard InChI is InChI=1S/C30H58O15P2S/c1-3-5-6-7-8-9-10-11-12-13-14-15-16-18-23(31)43-22(19-20-48-24(32)17-4-2)21-42-47(40,41)45-30-27(35)25(33)29(26(34)28(30)36)44-46(37,38)39/h22,25-30,33-36H,3-21H2,1-2H3,(H,40,41)(H2,37,38,39)/t22-,25-,26+,27?,28-,29?,30?/m1/s1. The molecule has 0 bridgehead atoms. The average molecular weight is 753 g/mol. The molecule has 0 aromatic rings. The van der Waals surface area contributed by atoms with Crippen molar-refractivity contribution in [3.05, 3.63) is 0 Å². The summed E-state index contributed by atoms with van der Waals surface area (Å²) in [5, 5.41) is 40.9. The molecule has 0 aromatic carbocycles. The molecule has 0 amide bonds. The van der Waals surface area contributed by atoms with E-state index in [2.05, 4.69) is 11.4 Å². The van der Waals surface area contributed by atoms with Crippen LogP contribution in [0.2, 0.25) is 0 Å². The van der Waals surface area contributed by atoms with Gasteiger partial charge in [0.05, 0.1) is 6.61 Å². The van der Waals surface area contributed by atoms with Crippen molar-refractivity contribution in [1.29, 1.82) is 0 Å². The Morgan fingerprint density at radius 2 is 1.12 bits per heavy atom. The van der Waals surface area contributed by atoms with E-state index < -0.39 is 70.9 Å². The summed E-state index contributed by atoms with van der Waals surface area (Å²) < 4.78 is 43.4. The highest BCUT2D eigenvalue weighted by Gasteiger charge is 2.54. The minimum absolute atomic E-state index is 0.0648. The van der Waals surface area contributed by atoms with E-state index in [1.807, 2.05) is 6.92 Å². The number of carbonyl (C=O) groups excluding carboxylic acids is 2. The number of esters is 1. The van der Waals surface area contributed by atoms with Gasteiger partial charge in [-0.1, -0.05) is 103 Å². The first-order chi connectivity index (χ1) is 22.6. The van der Waals surface area contributed by atoms with Crippen LogP contribution >= 0.6 is 27.4 Å². The topological polar surface area (TPSA) is 247 Å². The van der Waals surface area contributed by atoms with Crippen molar-refractivity contribution >= 4 is 38.5 Å². The molecule has 15 nitrogen and oxygen atoms in total. The summed E-state index contributed by atoms with van der Waals surface area (Å²) in [6.45, 7) is 3.41. The lowest BCUT2D eigenvalue weighted by molar-refractivity contribution is -0.216. The summed E-state index contributed by atoms with van der Waals surface area (Å²) in [4.78, 5) is 52.8. The maximum atomic E-state index is 12.7. The maximum Gasteiger partial charge on any atom is 0.472 e. The molecule has 0 aliphatic heterocycles. The molecule has 0 aromatic heterocycles. The maximum absolute atomic E-state index is 12.7. The van der Waals surface area contributed by atoms with Crippen LogP contribution < -0.4 is 0 Å². The van der Waals surface area contributed by atoms with Crippen LogP contribution in [0.4, 0.5) is 0 Å². The molecule has 0 radical (unpaired) electrons. The van der Waals surface area contributed by atoms with E-state index in [9.17, 15) is 44.0 Å². The zero-order chi connectivity index (χ0) is 36.2. The highest BCUT2D eigenvalue weighted by Crippen LogP contribution is 2.48. The zero-order valence-corrected chi connectivity index (χ0v) is 30.8. The minimum atomic E-state index is -5.27. The molecule has 1 aliphatic carbocycles. The molecule has 0 heterocycles. The number of thioether (sulfide) groups is 1. The molecule has 1 fully saturated rings. The summed E-state index contributed by atoms with van der Waals surface area (Å²) in [7, 11) is -10.4. The van der Waals surface area contributed by atoms with E-state index in [1.165, 1.54) is 51.4 Å². The number of unbranched alkanes of at least 4 members (excludes halogenated alkanes) is 12. The van der Waals surface area contributed by atoms with Gasteiger partial charge in [-0.05, 0) is 19.3 Å². The van der Waals surface area contributed by atoms with Crippen LogP contribution in [0.3, 0.4) is 0 Å². The second-order valence-corrected chi connectivity index (χ2v) is 16.0. The van der Waals surface area contributed by atoms with Gasteiger partial charge in [-0.25, -0.2) is 9.13 Å². The minimum Gasteiger partial charge on any atom is -0.460 e. The van der Waals surface area contributed by atoms with Gasteiger partial charge in [-0.2, -0.15) is 0 Å². The summed E-state index contributed by atoms with van der Waals surface area (Å²) in [5.74, 6) is -0.319. The molecule has 284 valence electrons. The SMILES string of the molecule is CCCCCCCCCCCCCCCC(=O)O[C@H](CCSC(=O)CCC)COP(=O)(O)OC1C(O)[C@@H](O)C(OP(=O)(O)O)[C@@H](O)[C@H]1O. The van der Waals surface area contributed by atoms with Gasteiger partial charge in [0.25, 0.3) is 0 Å². The number of hydrogen-bond acceptors (Lipinski definition) is 13. The zero-order valence-electron chi connectivity index (χ0n) is 28.2. The van der Waals surface area contributed by atoms with E-state index in [0.29, 0.717) is 19.3 Å². The quantitative estimate of drug-likeness (QED) is 0.0352. The number of rotatable bonds is 27. The summed E-state index contributed by atoms with van der Waals surface area (Å²) in [5.41, 5.74) is 0. The predicted molar refractivity (Wildman–Crippen MR) is 179 cm³/mol. The first-order valence-electron chi connectivity index (χ1n) is 17.1. The number of aliphatic hydroxyl groups excluding tert-OH is 4. The Bertz CT molecular complexity index is 983. The molecule has 8 atom stereocenters. The molecular weight excluding hydrogens is 694 g/mol. The molecule has 4 unspecified atom stereocenters. The van der Waals surface area contributed by atoms with Crippen molar-refractivity contribution in [2.45, 2.75) is 166 Å². The Kier molecular flexibility index (Phi) is 23.4. The lowest BCUT2D eigenvalue weighted by Crippen LogP contribution is -2.64. The van der Waals surface area contributed by atoms with Crippen LogP contribution in [0.5, 0.6) is 0 Å². The molecule has 1 saturated carbocycles. The monoisotopic (exact) mass is 752 g/mol. The molecule has 48 heavy (non-hydrogen) atoms. The highest BCUT2D eigenvalue weighted by molar-refractivity contribution is 8.13. The van der Waals surface area contributed by atoms with E-state index in [4.69, 9.17) is 23.6 Å². The Morgan fingerprint density at radius 1 is 0.667 bits per heavy atom. The fourth-order valence-electron chi connectivity index (χ4n) is 5.24. The van der Waals surface area contributed by atoms with Crippen molar-refractivity contribution in [3.63, 3.8) is 0 Å². The van der Waals surface area contributed by atoms with E-state index >= 15 is 0 Å². The number of phosphoric acid groups is 2. The molecule has 7 N–H and O–H groups in total. The number of hydrogen-bond donors (Lipinski definition) is 7. The fraction of sp³-hybridized carbons (Fsp3) is 0.933. The smallest absolute Gasteiger partial charge is 0.460 e. The van der Waals surface area contributed by atoms with Gasteiger partial charge < -0.3 is 39.8 Å². The Morgan fingerprint density at radius 3 is 1.58 bits per heavy atom. The van der Waals surface area contributed by atoms with Crippen molar-refractivity contribution in [1.82, 2.24) is 0 Å². The first-order valence-corrected chi connectivity index (χ1v) is 21.1. The molecule has 1 aliphatic rings. The molecule has 18 heteroatoms. The van der Waals surface area contributed by atoms with Crippen LogP contribution in [0, 0.1) is 0 Å². The van der Waals surface area contributed by atoms with Crippen molar-refractivity contribution in [2.75, 3.05) is 12.4 Å². The van der Waals surface area contributed by atoms with Crippen molar-refractivity contribution < 1.29 is 72.1 Å². The summed E-state index contributed by atoms with van der Waals surface area (Å²) in [6, 6.07) is 0. The lowest BCUT2D eigenvalue weighted by atomic mass is 9.85. The summed E-state index contributed by atoms with van der Waals surface area (Å²) >= 11 is 1.02. The predicted octanol–water partition coefficient (Wildman–Crippen LogP) is 4.27. The van der Waals surface area contributed by atoms with E-state index in [0.717, 1.165) is 37.4 Å². The third-order valence-corrected chi connectivity index (χ3v) is 10.4. The van der Waals surface area contributed by atoms with Crippen LogP contribution in [-0.4, -0.2) is 101 Å². The van der Waals surface area contributed by atoms with Crippen LogP contribution in [0.25, 0.3) is 0 Å². The molecule has 1 rings (SSSR count). The second-order valence-electron chi connectivity index (χ2n) is 12.2. The Labute approximate surface area is 288 Å². The van der Waals surface area contributed by atoms with Gasteiger partial charge in [0.2, 0.25) is 0 Å². The Balaban J connectivity index is 2.58. The van der Waals surface area contributed by atoms with Gasteiger partial charge in [-0.15, -0.1) is 0 Å². The van der Waals surface area contributed by atoms with Crippen molar-refractivity contribution in [2.24, 2.45) is 0 Å². The number of phosphoric ester groups is 2. The Hall–Kier alpha value is -0.450. The van der Waals surface area contributed by atoms with E-state index in [-0.39, 0.29) is 23.7 Å². The lowest BCUT2D eigenvalue weighted by Gasteiger charge is -2.43. The van der Waals surface area contributed by atoms with Gasteiger partial charge in [-0.3, -0.25) is 23.2 Å². The number of ether oxygens (including phenoxy) is 1. The van der Waals surface area contributed by atoms with Gasteiger partial charge >= 0.3 is 21.6 Å².